The van der Waals surface area contributed by atoms with E-state index in [1.54, 1.807) is 0 Å². The topological polar surface area (TPSA) is 173 Å². The Labute approximate surface area is 338 Å². The number of aromatic nitrogens is 2. The van der Waals surface area contributed by atoms with E-state index in [1.807, 2.05) is 4.72 Å². The van der Waals surface area contributed by atoms with E-state index in [4.69, 9.17) is 5.73 Å². The minimum atomic E-state index is -4.99. The van der Waals surface area contributed by atoms with Gasteiger partial charge in [0.1, 0.15) is 34.9 Å². The van der Waals surface area contributed by atoms with Gasteiger partial charge in [-0.15, -0.1) is 0 Å². The van der Waals surface area contributed by atoms with Crippen LogP contribution in [0.2, 0.25) is 0 Å². The van der Waals surface area contributed by atoms with Crippen LogP contribution in [0, 0.1) is 34.9 Å². The Hall–Kier alpha value is -6.92. The highest BCUT2D eigenvalue weighted by molar-refractivity contribution is 7.88. The fourth-order valence-electron chi connectivity index (χ4n) is 6.59. The Morgan fingerprint density at radius 2 is 1.08 bits per heavy atom. The maximum Gasteiger partial charge on any atom is 0.329 e. The summed E-state index contributed by atoms with van der Waals surface area (Å²) in [6.45, 7) is 1.16. The number of hydrogen-bond donors (Lipinski definition) is 4. The Bertz CT molecular complexity index is 2720. The van der Waals surface area contributed by atoms with Gasteiger partial charge in [0.25, 0.3) is 5.91 Å². The lowest BCUT2D eigenvalue weighted by Gasteiger charge is -2.24. The van der Waals surface area contributed by atoms with Crippen LogP contribution in [0.25, 0.3) is 22.3 Å². The molecule has 60 heavy (non-hydrogen) atoms. The van der Waals surface area contributed by atoms with Crippen LogP contribution in [0.15, 0.2) is 109 Å². The van der Waals surface area contributed by atoms with E-state index in [1.165, 1.54) is 54.9 Å². The van der Waals surface area contributed by atoms with E-state index in [-0.39, 0.29) is 56.8 Å². The number of benzene rings is 4. The molecule has 0 aliphatic rings. The number of carbonyl (C=O) groups is 3. The smallest absolute Gasteiger partial charge is 0.329 e. The highest BCUT2D eigenvalue weighted by Gasteiger charge is 2.29. The van der Waals surface area contributed by atoms with Gasteiger partial charge in [-0.25, -0.2) is 35.9 Å². The molecule has 5 N–H and O–H groups in total. The number of ketones is 1. The van der Waals surface area contributed by atoms with Crippen LogP contribution in [-0.2, 0) is 23.1 Å². The molecule has 0 aliphatic heterocycles. The summed E-state index contributed by atoms with van der Waals surface area (Å²) in [5, 5.41) is 2.46. The molecule has 11 nitrogen and oxygen atoms in total. The van der Waals surface area contributed by atoms with Crippen LogP contribution in [-0.4, -0.2) is 36.1 Å². The van der Waals surface area contributed by atoms with Crippen molar-refractivity contribution in [3.63, 3.8) is 0 Å². The molecule has 0 aliphatic carbocycles. The van der Waals surface area contributed by atoms with E-state index < -0.39 is 86.9 Å². The van der Waals surface area contributed by atoms with Crippen molar-refractivity contribution in [3.8, 4) is 22.3 Å². The van der Waals surface area contributed by atoms with Gasteiger partial charge in [-0.2, -0.15) is 13.1 Å². The average molecular weight is 847 g/mol. The third-order valence-electron chi connectivity index (χ3n) is 9.09. The molecular weight excluding hydrogens is 815 g/mol. The molecule has 0 saturated carbocycles. The molecule has 0 radical (unpaired) electrons. The van der Waals surface area contributed by atoms with Crippen molar-refractivity contribution in [2.24, 2.45) is 5.73 Å². The molecule has 2 atom stereocenters. The molecular formula is C42H32F6N6O5S. The quantitative estimate of drug-likeness (QED) is 0.0656. The van der Waals surface area contributed by atoms with Gasteiger partial charge in [0, 0.05) is 35.7 Å². The van der Waals surface area contributed by atoms with Gasteiger partial charge in [-0.05, 0) is 103 Å². The van der Waals surface area contributed by atoms with Gasteiger partial charge >= 0.3 is 16.2 Å². The third-order valence-corrected chi connectivity index (χ3v) is 10.1. The van der Waals surface area contributed by atoms with Crippen LogP contribution >= 0.6 is 0 Å². The SMILES string of the molecule is CC(=O)c1cc(-c2cccnc2[C@H](Cc2cc(F)cc(F)c2)NC(=O)NS(=O)(=O)N[C@@H](Cc2cc(F)cc(F)c2)c2ncccc2-c2ccc(F)c(C(N)=O)c2)ccc1F. The van der Waals surface area contributed by atoms with Crippen molar-refractivity contribution in [2.75, 3.05) is 0 Å². The summed E-state index contributed by atoms with van der Waals surface area (Å²) in [5.74, 6) is -7.28. The summed E-state index contributed by atoms with van der Waals surface area (Å²) in [4.78, 5) is 46.5. The van der Waals surface area contributed by atoms with Crippen molar-refractivity contribution in [1.82, 2.24) is 24.7 Å². The predicted octanol–water partition coefficient (Wildman–Crippen LogP) is 7.35. The van der Waals surface area contributed by atoms with Crippen LogP contribution < -0.4 is 20.5 Å². The molecule has 0 spiro atoms. The number of urea groups is 1. The fraction of sp³-hybridized carbons (Fsp3) is 0.119. The Morgan fingerprint density at radius 3 is 1.57 bits per heavy atom. The molecule has 0 saturated heterocycles. The minimum absolute atomic E-state index is 0.0178. The number of nitrogens with zero attached hydrogens (tertiary/aromatic N) is 2. The molecule has 6 rings (SSSR count). The number of primary amides is 1. The molecule has 2 aromatic heterocycles. The largest absolute Gasteiger partial charge is 0.366 e. The molecule has 18 heteroatoms. The van der Waals surface area contributed by atoms with Crippen LogP contribution in [0.1, 0.15) is 62.2 Å². The number of nitrogens with two attached hydrogens (primary N) is 1. The first kappa shape index (κ1) is 42.7. The second-order valence-corrected chi connectivity index (χ2v) is 14.9. The van der Waals surface area contributed by atoms with Crippen LogP contribution in [0.4, 0.5) is 31.1 Å². The zero-order valence-electron chi connectivity index (χ0n) is 31.2. The van der Waals surface area contributed by atoms with Gasteiger partial charge < -0.3 is 11.1 Å². The van der Waals surface area contributed by atoms with Crippen molar-refractivity contribution in [1.29, 1.82) is 0 Å². The summed E-state index contributed by atoms with van der Waals surface area (Å²) >= 11 is 0. The van der Waals surface area contributed by atoms with E-state index in [0.717, 1.165) is 49.4 Å². The second-order valence-electron chi connectivity index (χ2n) is 13.4. The normalized spacial score (nSPS) is 12.4. The van der Waals surface area contributed by atoms with Crippen molar-refractivity contribution < 1.29 is 49.1 Å². The monoisotopic (exact) mass is 846 g/mol. The lowest BCUT2D eigenvalue weighted by atomic mass is 9.94. The highest BCUT2D eigenvalue weighted by Crippen LogP contribution is 2.32. The fourth-order valence-corrected chi connectivity index (χ4v) is 7.52. The Kier molecular flexibility index (Phi) is 12.7. The Morgan fingerprint density at radius 1 is 0.633 bits per heavy atom. The van der Waals surface area contributed by atoms with Crippen LogP contribution in [0.5, 0.6) is 0 Å². The van der Waals surface area contributed by atoms with E-state index in [0.29, 0.717) is 12.1 Å². The molecule has 6 aromatic rings. The number of Topliss-reactive ketones (excluding diaryl/α,β-unsaturated/α-hetero) is 1. The summed E-state index contributed by atoms with van der Waals surface area (Å²) in [6.07, 6.45) is 1.77. The maximum atomic E-state index is 14.5. The Balaban J connectivity index is 1.36. The molecule has 4 aromatic carbocycles. The standard InChI is InChI=1S/C42H32F6N6O5S/c1-22(55)33-18-25(6-8-35(33)47)31-4-2-10-50-39(31)37(16-23-12-27(43)20-28(44)13-23)52-42(57)54-60(58,59)53-38(17-24-14-29(45)21-30(46)15-24)40-32(5-3-11-51-40)26-7-9-36(48)34(19-26)41(49)56/h2-15,18-21,37-38,53H,16-17H2,1H3,(H2,49,56)(H2,52,54,57)/t37-,38-/m0/s1. The summed E-state index contributed by atoms with van der Waals surface area (Å²) in [6, 6.07) is 13.8. The summed E-state index contributed by atoms with van der Waals surface area (Å²) in [5.41, 5.74) is 5.33. The maximum absolute atomic E-state index is 14.5. The zero-order chi connectivity index (χ0) is 43.3. The molecule has 308 valence electrons. The average Bonchev–Trinajstić information content (AvgIpc) is 3.16. The second kappa shape index (κ2) is 17.9. The van der Waals surface area contributed by atoms with Gasteiger partial charge in [-0.3, -0.25) is 19.6 Å². The van der Waals surface area contributed by atoms with Crippen molar-refractivity contribution in [3.05, 3.63) is 178 Å². The summed E-state index contributed by atoms with van der Waals surface area (Å²) in [7, 11) is -4.99. The highest BCUT2D eigenvalue weighted by atomic mass is 32.2. The van der Waals surface area contributed by atoms with Gasteiger partial charge in [-0.1, -0.05) is 24.3 Å². The number of carbonyl (C=O) groups excluding carboxylic acids is 3. The third kappa shape index (κ3) is 10.4. The first-order valence-corrected chi connectivity index (χ1v) is 19.3. The number of nitrogens with one attached hydrogen (secondary N) is 3. The van der Waals surface area contributed by atoms with Crippen molar-refractivity contribution in [2.45, 2.75) is 31.8 Å². The molecule has 0 fully saturated rings. The van der Waals surface area contributed by atoms with Crippen LogP contribution in [0.3, 0.4) is 0 Å². The van der Waals surface area contributed by atoms with Gasteiger partial charge in [0.05, 0.1) is 34.6 Å². The number of amides is 3. The summed E-state index contributed by atoms with van der Waals surface area (Å²) < 4.78 is 118. The number of rotatable bonds is 14. The number of halogens is 6. The number of pyridine rings is 2. The first-order valence-electron chi connectivity index (χ1n) is 17.8. The molecule has 3 amide bonds. The lowest BCUT2D eigenvalue weighted by molar-refractivity contribution is 0.0992. The number of hydrogen-bond acceptors (Lipinski definition) is 7. The van der Waals surface area contributed by atoms with E-state index >= 15 is 0 Å². The van der Waals surface area contributed by atoms with Gasteiger partial charge in [0.2, 0.25) is 0 Å². The van der Waals surface area contributed by atoms with E-state index in [2.05, 4.69) is 20.0 Å². The van der Waals surface area contributed by atoms with Gasteiger partial charge in [0.15, 0.2) is 5.78 Å². The molecule has 0 unspecified atom stereocenters. The lowest BCUT2D eigenvalue weighted by Crippen LogP contribution is -2.48. The zero-order valence-corrected chi connectivity index (χ0v) is 32.0. The minimum Gasteiger partial charge on any atom is -0.366 e. The molecule has 0 bridgehead atoms. The molecule has 2 heterocycles. The van der Waals surface area contributed by atoms with Crippen molar-refractivity contribution >= 4 is 27.9 Å². The first-order chi connectivity index (χ1) is 28.5. The van der Waals surface area contributed by atoms with E-state index in [9.17, 15) is 49.1 Å². The predicted molar refractivity (Wildman–Crippen MR) is 207 cm³/mol.